The van der Waals surface area contributed by atoms with Crippen LogP contribution in [0.3, 0.4) is 0 Å². The SMILES string of the molecule is NC(=O)c1cccc2c1c1ccc(-c3ccccc3)cc1n2Cc1ccc(C(F)(F)F)cc1C(F)(F)F. The van der Waals surface area contributed by atoms with Crippen molar-refractivity contribution >= 4 is 27.7 Å². The number of aromatic nitrogens is 1. The summed E-state index contributed by atoms with van der Waals surface area (Å²) < 4.78 is 82.8. The molecule has 5 aromatic rings. The first-order chi connectivity index (χ1) is 17.4. The van der Waals surface area contributed by atoms with Crippen molar-refractivity contribution in [3.8, 4) is 11.1 Å². The summed E-state index contributed by atoms with van der Waals surface area (Å²) in [4.78, 5) is 12.2. The number of hydrogen-bond donors (Lipinski definition) is 1. The number of fused-ring (bicyclic) bond motifs is 3. The van der Waals surface area contributed by atoms with Crippen molar-refractivity contribution in [3.63, 3.8) is 0 Å². The van der Waals surface area contributed by atoms with E-state index in [0.29, 0.717) is 27.9 Å². The van der Waals surface area contributed by atoms with Gasteiger partial charge in [0.25, 0.3) is 0 Å². The Morgan fingerprint density at radius 2 is 1.46 bits per heavy atom. The molecule has 2 N–H and O–H groups in total. The summed E-state index contributed by atoms with van der Waals surface area (Å²) in [5.41, 5.74) is 5.28. The fourth-order valence-electron chi connectivity index (χ4n) is 4.65. The van der Waals surface area contributed by atoms with Crippen molar-refractivity contribution in [1.82, 2.24) is 4.57 Å². The van der Waals surface area contributed by atoms with Gasteiger partial charge in [0.1, 0.15) is 0 Å². The molecule has 0 aliphatic rings. The lowest BCUT2D eigenvalue weighted by Crippen LogP contribution is -2.15. The Hall–Kier alpha value is -4.27. The molecule has 37 heavy (non-hydrogen) atoms. The zero-order valence-electron chi connectivity index (χ0n) is 19.0. The first-order valence-electron chi connectivity index (χ1n) is 11.1. The maximum Gasteiger partial charge on any atom is 0.416 e. The second kappa shape index (κ2) is 8.69. The van der Waals surface area contributed by atoms with Crippen LogP contribution in [0, 0.1) is 0 Å². The number of hydrogen-bond acceptors (Lipinski definition) is 1. The number of primary amides is 1. The quantitative estimate of drug-likeness (QED) is 0.247. The summed E-state index contributed by atoms with van der Waals surface area (Å²) >= 11 is 0. The number of nitrogens with zero attached hydrogens (tertiary/aromatic N) is 1. The number of benzene rings is 4. The van der Waals surface area contributed by atoms with Crippen molar-refractivity contribution < 1.29 is 31.1 Å². The summed E-state index contributed by atoms with van der Waals surface area (Å²) in [6.45, 7) is -0.382. The number of nitrogens with two attached hydrogens (primary N) is 1. The van der Waals surface area contributed by atoms with Crippen molar-refractivity contribution in [3.05, 3.63) is 107 Å². The first kappa shape index (κ1) is 24.4. The van der Waals surface area contributed by atoms with E-state index in [2.05, 4.69) is 0 Å². The van der Waals surface area contributed by atoms with E-state index in [4.69, 9.17) is 5.73 Å². The lowest BCUT2D eigenvalue weighted by Gasteiger charge is -2.17. The smallest absolute Gasteiger partial charge is 0.366 e. The highest BCUT2D eigenvalue weighted by Gasteiger charge is 2.38. The third kappa shape index (κ3) is 4.41. The van der Waals surface area contributed by atoms with E-state index >= 15 is 0 Å². The molecule has 0 radical (unpaired) electrons. The van der Waals surface area contributed by atoms with Crippen molar-refractivity contribution in [2.24, 2.45) is 5.73 Å². The third-order valence-corrected chi connectivity index (χ3v) is 6.33. The van der Waals surface area contributed by atoms with Gasteiger partial charge < -0.3 is 10.3 Å². The van der Waals surface area contributed by atoms with Crippen LogP contribution in [0.2, 0.25) is 0 Å². The molecule has 0 atom stereocenters. The minimum atomic E-state index is -5.01. The number of alkyl halides is 6. The van der Waals surface area contributed by atoms with E-state index in [1.54, 1.807) is 28.8 Å². The van der Waals surface area contributed by atoms with E-state index in [9.17, 15) is 31.1 Å². The lowest BCUT2D eigenvalue weighted by molar-refractivity contribution is -0.143. The molecule has 0 bridgehead atoms. The Labute approximate surface area is 206 Å². The largest absolute Gasteiger partial charge is 0.416 e. The average Bonchev–Trinajstić information content (AvgIpc) is 3.16. The molecule has 9 heteroatoms. The maximum atomic E-state index is 13.9. The number of amides is 1. The van der Waals surface area contributed by atoms with Crippen LogP contribution in [-0.2, 0) is 18.9 Å². The van der Waals surface area contributed by atoms with Crippen LogP contribution in [0.15, 0.2) is 84.9 Å². The highest BCUT2D eigenvalue weighted by atomic mass is 19.4. The van der Waals surface area contributed by atoms with E-state index in [1.165, 1.54) is 6.07 Å². The topological polar surface area (TPSA) is 48.0 Å². The van der Waals surface area contributed by atoms with Crippen LogP contribution < -0.4 is 5.73 Å². The van der Waals surface area contributed by atoms with E-state index in [0.717, 1.165) is 17.2 Å². The van der Waals surface area contributed by atoms with Gasteiger partial charge >= 0.3 is 12.4 Å². The Morgan fingerprint density at radius 1 is 0.730 bits per heavy atom. The highest BCUT2D eigenvalue weighted by molar-refractivity contribution is 6.18. The number of halogens is 6. The summed E-state index contributed by atoms with van der Waals surface area (Å²) in [7, 11) is 0. The lowest BCUT2D eigenvalue weighted by atomic mass is 10.0. The molecule has 0 aliphatic carbocycles. The van der Waals surface area contributed by atoms with Gasteiger partial charge in [-0.25, -0.2) is 0 Å². The molecule has 0 fully saturated rings. The zero-order chi connectivity index (χ0) is 26.5. The van der Waals surface area contributed by atoms with Crippen LogP contribution in [0.4, 0.5) is 26.3 Å². The minimum Gasteiger partial charge on any atom is -0.366 e. The third-order valence-electron chi connectivity index (χ3n) is 6.33. The molecule has 1 amide bonds. The maximum absolute atomic E-state index is 13.9. The molecule has 4 aromatic carbocycles. The molecular weight excluding hydrogens is 494 g/mol. The Kier molecular flexibility index (Phi) is 5.73. The average molecular weight is 512 g/mol. The minimum absolute atomic E-state index is 0.132. The molecule has 1 heterocycles. The van der Waals surface area contributed by atoms with Gasteiger partial charge in [0.2, 0.25) is 5.91 Å². The molecule has 5 rings (SSSR count). The Bertz CT molecular complexity index is 1650. The van der Waals surface area contributed by atoms with Gasteiger partial charge in [-0.1, -0.05) is 54.6 Å². The number of carbonyl (C=O) groups is 1. The van der Waals surface area contributed by atoms with E-state index in [1.807, 2.05) is 36.4 Å². The van der Waals surface area contributed by atoms with Crippen LogP contribution in [-0.4, -0.2) is 10.5 Å². The zero-order valence-corrected chi connectivity index (χ0v) is 19.0. The predicted molar refractivity (Wildman–Crippen MR) is 129 cm³/mol. The van der Waals surface area contributed by atoms with Gasteiger partial charge in [-0.05, 0) is 47.0 Å². The molecule has 1 aromatic heterocycles. The van der Waals surface area contributed by atoms with E-state index in [-0.39, 0.29) is 23.7 Å². The molecule has 188 valence electrons. The first-order valence-corrected chi connectivity index (χ1v) is 11.1. The summed E-state index contributed by atoms with van der Waals surface area (Å²) in [5, 5.41) is 1.05. The number of carbonyl (C=O) groups excluding carboxylic acids is 1. The second-order valence-electron chi connectivity index (χ2n) is 8.62. The van der Waals surface area contributed by atoms with Crippen LogP contribution in [0.5, 0.6) is 0 Å². The molecular formula is C28H18F6N2O. The predicted octanol–water partition coefficient (Wildman–Crippen LogP) is 7.65. The monoisotopic (exact) mass is 512 g/mol. The van der Waals surface area contributed by atoms with Crippen molar-refractivity contribution in [2.75, 3.05) is 0 Å². The summed E-state index contributed by atoms with van der Waals surface area (Å²) in [6.07, 6.45) is -9.94. The van der Waals surface area contributed by atoms with Gasteiger partial charge in [0.15, 0.2) is 0 Å². The normalized spacial score (nSPS) is 12.4. The van der Waals surface area contributed by atoms with Gasteiger partial charge in [-0.15, -0.1) is 0 Å². The van der Waals surface area contributed by atoms with Gasteiger partial charge in [0, 0.05) is 22.9 Å². The molecule has 0 unspecified atom stereocenters. The van der Waals surface area contributed by atoms with Crippen LogP contribution in [0.1, 0.15) is 27.0 Å². The Balaban J connectivity index is 1.79. The molecule has 3 nitrogen and oxygen atoms in total. The number of rotatable bonds is 4. The Morgan fingerprint density at radius 3 is 2.11 bits per heavy atom. The van der Waals surface area contributed by atoms with Crippen LogP contribution >= 0.6 is 0 Å². The van der Waals surface area contributed by atoms with Crippen LogP contribution in [0.25, 0.3) is 32.9 Å². The molecule has 0 spiro atoms. The molecule has 0 saturated carbocycles. The van der Waals surface area contributed by atoms with Crippen molar-refractivity contribution in [1.29, 1.82) is 0 Å². The standard InChI is InChI=1S/C28H18F6N2O/c29-27(30,31)19-11-9-18(22(14-19)28(32,33)34)15-36-23-8-4-7-21(26(35)37)25(23)20-12-10-17(13-24(20)36)16-5-2-1-3-6-16/h1-14H,15H2,(H2,35,37). The second-order valence-corrected chi connectivity index (χ2v) is 8.62. The highest BCUT2D eigenvalue weighted by Crippen LogP contribution is 2.40. The summed E-state index contributed by atoms with van der Waals surface area (Å²) in [6, 6.07) is 21.0. The van der Waals surface area contributed by atoms with Gasteiger partial charge in [0.05, 0.1) is 22.2 Å². The molecule has 0 saturated heterocycles. The van der Waals surface area contributed by atoms with E-state index < -0.39 is 29.4 Å². The summed E-state index contributed by atoms with van der Waals surface area (Å²) in [5.74, 6) is -0.706. The fourth-order valence-corrected chi connectivity index (χ4v) is 4.65. The van der Waals surface area contributed by atoms with Gasteiger partial charge in [-0.3, -0.25) is 4.79 Å². The fraction of sp³-hybridized carbons (Fsp3) is 0.107. The van der Waals surface area contributed by atoms with Crippen molar-refractivity contribution in [2.45, 2.75) is 18.9 Å². The van der Waals surface area contributed by atoms with Gasteiger partial charge in [-0.2, -0.15) is 26.3 Å². The molecule has 0 aliphatic heterocycles.